The lowest BCUT2D eigenvalue weighted by Crippen LogP contribution is -2.44. The van der Waals surface area contributed by atoms with Crippen molar-refractivity contribution in [1.29, 1.82) is 0 Å². The molecular weight excluding hydrogens is 356 g/mol. The number of piperazine rings is 1. The standard InChI is InChI=1S/C21H30N4O3/c1-22-21(27)18(9-5-15-26)19-17-8-3-6-16(20(17)28-23-19)7-4-10-25-13-11-24(2)12-14-25/h3,6,8,15,18H,4-5,7,9-14H2,1-2H3,(H,22,27). The lowest BCUT2D eigenvalue weighted by molar-refractivity contribution is -0.122. The van der Waals surface area contributed by atoms with Crippen LogP contribution in [0.25, 0.3) is 11.0 Å². The second kappa shape index (κ2) is 9.80. The van der Waals surface area contributed by atoms with Crippen LogP contribution in [0.5, 0.6) is 0 Å². The Morgan fingerprint density at radius 3 is 2.82 bits per heavy atom. The van der Waals surface area contributed by atoms with Gasteiger partial charge in [-0.1, -0.05) is 17.3 Å². The Balaban J connectivity index is 1.71. The van der Waals surface area contributed by atoms with Gasteiger partial charge in [0, 0.05) is 45.0 Å². The number of benzene rings is 1. The van der Waals surface area contributed by atoms with Crippen molar-refractivity contribution in [3.8, 4) is 0 Å². The van der Waals surface area contributed by atoms with E-state index in [0.717, 1.165) is 68.4 Å². The van der Waals surface area contributed by atoms with Crippen LogP contribution >= 0.6 is 0 Å². The van der Waals surface area contributed by atoms with Crippen LogP contribution in [0.3, 0.4) is 0 Å². The Bertz CT molecular complexity index is 796. The number of hydrogen-bond acceptors (Lipinski definition) is 6. The number of likely N-dealkylation sites (N-methyl/N-ethyl adjacent to an activating group) is 2. The summed E-state index contributed by atoms with van der Waals surface area (Å²) in [4.78, 5) is 28.0. The molecule has 2 heterocycles. The van der Waals surface area contributed by atoms with Crippen molar-refractivity contribution in [3.05, 3.63) is 29.5 Å². The molecule has 1 aliphatic rings. The predicted octanol–water partition coefficient (Wildman–Crippen LogP) is 1.82. The zero-order chi connectivity index (χ0) is 19.9. The fourth-order valence-electron chi connectivity index (χ4n) is 3.85. The molecule has 1 aromatic carbocycles. The van der Waals surface area contributed by atoms with Gasteiger partial charge < -0.3 is 24.4 Å². The zero-order valence-electron chi connectivity index (χ0n) is 16.8. The van der Waals surface area contributed by atoms with Gasteiger partial charge in [0.2, 0.25) is 5.91 Å². The third-order valence-corrected chi connectivity index (χ3v) is 5.59. The van der Waals surface area contributed by atoms with E-state index in [4.69, 9.17) is 4.52 Å². The van der Waals surface area contributed by atoms with E-state index in [2.05, 4.69) is 33.4 Å². The lowest BCUT2D eigenvalue weighted by Gasteiger charge is -2.32. The van der Waals surface area contributed by atoms with Crippen molar-refractivity contribution >= 4 is 23.2 Å². The number of rotatable bonds is 9. The molecule has 0 aliphatic carbocycles. The van der Waals surface area contributed by atoms with Gasteiger partial charge in [0.05, 0.1) is 5.92 Å². The highest BCUT2D eigenvalue weighted by atomic mass is 16.5. The number of hydrogen-bond donors (Lipinski definition) is 1. The van der Waals surface area contributed by atoms with E-state index in [9.17, 15) is 9.59 Å². The number of fused-ring (bicyclic) bond motifs is 1. The molecule has 1 fully saturated rings. The summed E-state index contributed by atoms with van der Waals surface area (Å²) in [6.07, 6.45) is 3.55. The normalized spacial score (nSPS) is 16.9. The maximum absolute atomic E-state index is 12.3. The number of carbonyl (C=O) groups is 2. The van der Waals surface area contributed by atoms with Crippen LogP contribution in [0, 0.1) is 0 Å². The average Bonchev–Trinajstić information content (AvgIpc) is 3.14. The third kappa shape index (κ3) is 4.77. The Labute approximate surface area is 166 Å². The molecule has 152 valence electrons. The molecule has 1 atom stereocenters. The van der Waals surface area contributed by atoms with Crippen LogP contribution in [0.1, 0.15) is 36.4 Å². The van der Waals surface area contributed by atoms with Crippen molar-refractivity contribution in [2.45, 2.75) is 31.6 Å². The first-order chi connectivity index (χ1) is 13.6. The topological polar surface area (TPSA) is 78.7 Å². The molecule has 2 aromatic rings. The SMILES string of the molecule is CNC(=O)C(CCC=O)c1noc2c(CCCN3CCN(C)CC3)cccc12. The molecule has 28 heavy (non-hydrogen) atoms. The highest BCUT2D eigenvalue weighted by molar-refractivity contribution is 5.90. The Morgan fingerprint density at radius 2 is 2.11 bits per heavy atom. The molecule has 0 saturated carbocycles. The molecule has 0 spiro atoms. The number of aryl methyl sites for hydroxylation is 1. The van der Waals surface area contributed by atoms with E-state index in [1.54, 1.807) is 7.05 Å². The summed E-state index contributed by atoms with van der Waals surface area (Å²) in [7, 11) is 3.77. The van der Waals surface area contributed by atoms with Crippen molar-refractivity contribution in [1.82, 2.24) is 20.3 Å². The van der Waals surface area contributed by atoms with Crippen molar-refractivity contribution in [3.63, 3.8) is 0 Å². The molecule has 1 aliphatic heterocycles. The lowest BCUT2D eigenvalue weighted by atomic mass is 9.95. The first-order valence-electron chi connectivity index (χ1n) is 10.1. The number of carbonyl (C=O) groups excluding carboxylic acids is 2. The van der Waals surface area contributed by atoms with Crippen LogP contribution in [-0.4, -0.2) is 74.0 Å². The van der Waals surface area contributed by atoms with Gasteiger partial charge in [-0.25, -0.2) is 0 Å². The molecule has 1 unspecified atom stereocenters. The van der Waals surface area contributed by atoms with Crippen LogP contribution in [-0.2, 0) is 16.0 Å². The second-order valence-corrected chi connectivity index (χ2v) is 7.52. The van der Waals surface area contributed by atoms with Gasteiger partial charge in [0.15, 0.2) is 5.58 Å². The van der Waals surface area contributed by atoms with Gasteiger partial charge in [0.1, 0.15) is 12.0 Å². The number of amides is 1. The predicted molar refractivity (Wildman–Crippen MR) is 108 cm³/mol. The molecule has 1 amide bonds. The van der Waals surface area contributed by atoms with E-state index in [1.807, 2.05) is 12.1 Å². The van der Waals surface area contributed by atoms with Crippen molar-refractivity contribution < 1.29 is 14.1 Å². The number of aromatic nitrogens is 1. The Morgan fingerprint density at radius 1 is 1.32 bits per heavy atom. The van der Waals surface area contributed by atoms with E-state index in [1.165, 1.54) is 0 Å². The summed E-state index contributed by atoms with van der Waals surface area (Å²) < 4.78 is 5.65. The molecule has 3 rings (SSSR count). The first-order valence-corrected chi connectivity index (χ1v) is 10.1. The highest BCUT2D eigenvalue weighted by Crippen LogP contribution is 2.30. The maximum atomic E-state index is 12.3. The second-order valence-electron chi connectivity index (χ2n) is 7.52. The Hall–Kier alpha value is -2.25. The Kier molecular flexibility index (Phi) is 7.17. The summed E-state index contributed by atoms with van der Waals surface area (Å²) >= 11 is 0. The molecule has 1 aromatic heterocycles. The summed E-state index contributed by atoms with van der Waals surface area (Å²) in [6.45, 7) is 5.58. The smallest absolute Gasteiger partial charge is 0.229 e. The molecular formula is C21H30N4O3. The summed E-state index contributed by atoms with van der Waals surface area (Å²) in [5.74, 6) is -0.616. The minimum absolute atomic E-state index is 0.141. The monoisotopic (exact) mass is 386 g/mol. The molecule has 7 heteroatoms. The highest BCUT2D eigenvalue weighted by Gasteiger charge is 2.26. The fourth-order valence-corrected chi connectivity index (χ4v) is 3.85. The fraction of sp³-hybridized carbons (Fsp3) is 0.571. The quantitative estimate of drug-likeness (QED) is 0.663. The van der Waals surface area contributed by atoms with Gasteiger partial charge in [0.25, 0.3) is 0 Å². The number of para-hydroxylation sites is 1. The molecule has 0 bridgehead atoms. The van der Waals surface area contributed by atoms with Gasteiger partial charge in [-0.05, 0) is 44.5 Å². The summed E-state index contributed by atoms with van der Waals surface area (Å²) in [5.41, 5.74) is 2.50. The number of nitrogens with zero attached hydrogens (tertiary/aromatic N) is 3. The summed E-state index contributed by atoms with van der Waals surface area (Å²) in [5, 5.41) is 7.76. The van der Waals surface area contributed by atoms with Gasteiger partial charge in [-0.3, -0.25) is 4.79 Å². The van der Waals surface area contributed by atoms with Gasteiger partial charge in [-0.2, -0.15) is 0 Å². The van der Waals surface area contributed by atoms with E-state index < -0.39 is 5.92 Å². The minimum Gasteiger partial charge on any atom is -0.359 e. The third-order valence-electron chi connectivity index (χ3n) is 5.59. The first kappa shape index (κ1) is 20.5. The zero-order valence-corrected chi connectivity index (χ0v) is 16.8. The van der Waals surface area contributed by atoms with Crippen LogP contribution < -0.4 is 5.32 Å². The van der Waals surface area contributed by atoms with E-state index >= 15 is 0 Å². The van der Waals surface area contributed by atoms with Crippen molar-refractivity contribution in [2.75, 3.05) is 46.8 Å². The molecule has 1 saturated heterocycles. The number of aldehydes is 1. The van der Waals surface area contributed by atoms with Crippen molar-refractivity contribution in [2.24, 2.45) is 0 Å². The molecule has 0 radical (unpaired) electrons. The maximum Gasteiger partial charge on any atom is 0.229 e. The van der Waals surface area contributed by atoms with Crippen LogP contribution in [0.15, 0.2) is 22.7 Å². The largest absolute Gasteiger partial charge is 0.359 e. The average molecular weight is 386 g/mol. The van der Waals surface area contributed by atoms with Gasteiger partial charge in [-0.15, -0.1) is 0 Å². The summed E-state index contributed by atoms with van der Waals surface area (Å²) in [6, 6.07) is 6.01. The van der Waals surface area contributed by atoms with Gasteiger partial charge >= 0.3 is 0 Å². The minimum atomic E-state index is -0.475. The number of nitrogens with one attached hydrogen (secondary N) is 1. The molecule has 1 N–H and O–H groups in total. The van der Waals surface area contributed by atoms with E-state index in [-0.39, 0.29) is 5.91 Å². The van der Waals surface area contributed by atoms with Crippen LogP contribution in [0.4, 0.5) is 0 Å². The van der Waals surface area contributed by atoms with Crippen LogP contribution in [0.2, 0.25) is 0 Å². The van der Waals surface area contributed by atoms with E-state index in [0.29, 0.717) is 18.5 Å². The molecule has 7 nitrogen and oxygen atoms in total.